The van der Waals surface area contributed by atoms with E-state index in [0.717, 1.165) is 0 Å². The van der Waals surface area contributed by atoms with Gasteiger partial charge in [0, 0.05) is 12.3 Å². The Kier molecular flexibility index (Phi) is 10.1. The number of rotatable bonds is 11. The van der Waals surface area contributed by atoms with Crippen LogP contribution in [0.25, 0.3) is 0 Å². The van der Waals surface area contributed by atoms with Crippen molar-refractivity contribution in [2.24, 2.45) is 17.4 Å². The molecule has 0 radical (unpaired) electrons. The number of carboxylic acid groups (broad SMARTS) is 1. The molecule has 1 heterocycles. The average molecular weight is 446 g/mol. The van der Waals surface area contributed by atoms with E-state index in [1.807, 2.05) is 13.8 Å². The third kappa shape index (κ3) is 7.48. The van der Waals surface area contributed by atoms with E-state index in [2.05, 4.69) is 23.3 Å². The Labute approximate surface area is 180 Å². The lowest BCUT2D eigenvalue weighted by Crippen LogP contribution is -2.57. The van der Waals surface area contributed by atoms with Gasteiger partial charge in [-0.2, -0.15) is 12.6 Å². The predicted octanol–water partition coefficient (Wildman–Crippen LogP) is -1.79. The number of amides is 4. The van der Waals surface area contributed by atoms with Crippen molar-refractivity contribution >= 4 is 42.2 Å². The number of primary amides is 1. The number of nitrogens with one attached hydrogen (secondary N) is 2. The molecular formula is C18H31N5O6S. The highest BCUT2D eigenvalue weighted by Crippen LogP contribution is 2.19. The first kappa shape index (κ1) is 25.7. The zero-order valence-electron chi connectivity index (χ0n) is 17.2. The van der Waals surface area contributed by atoms with Crippen LogP contribution in [0.1, 0.15) is 39.5 Å². The summed E-state index contributed by atoms with van der Waals surface area (Å²) in [5, 5.41) is 14.3. The van der Waals surface area contributed by atoms with E-state index < -0.39 is 53.8 Å². The molecule has 1 saturated heterocycles. The average Bonchev–Trinajstić information content (AvgIpc) is 3.13. The largest absolute Gasteiger partial charge is 0.480 e. The molecule has 4 unspecified atom stereocenters. The van der Waals surface area contributed by atoms with E-state index in [0.29, 0.717) is 12.8 Å². The number of hydrogen-bond acceptors (Lipinski definition) is 7. The zero-order valence-corrected chi connectivity index (χ0v) is 18.1. The first-order valence-electron chi connectivity index (χ1n) is 9.76. The Hall–Kier alpha value is -2.34. The Morgan fingerprint density at radius 1 is 1.17 bits per heavy atom. The van der Waals surface area contributed by atoms with Crippen molar-refractivity contribution in [3.05, 3.63) is 0 Å². The molecule has 1 aliphatic rings. The maximum absolute atomic E-state index is 12.9. The van der Waals surface area contributed by atoms with Crippen molar-refractivity contribution in [3.63, 3.8) is 0 Å². The molecule has 0 aromatic carbocycles. The lowest BCUT2D eigenvalue weighted by atomic mass is 10.0. The Morgan fingerprint density at radius 2 is 1.80 bits per heavy atom. The number of nitrogens with zero attached hydrogens (tertiary/aromatic N) is 1. The third-order valence-electron chi connectivity index (χ3n) is 4.72. The first-order valence-corrected chi connectivity index (χ1v) is 10.4. The van der Waals surface area contributed by atoms with E-state index >= 15 is 0 Å². The van der Waals surface area contributed by atoms with Crippen LogP contribution in [0.2, 0.25) is 0 Å². The highest BCUT2D eigenvalue weighted by molar-refractivity contribution is 7.80. The second-order valence-electron chi connectivity index (χ2n) is 7.74. The van der Waals surface area contributed by atoms with Crippen molar-refractivity contribution in [1.29, 1.82) is 0 Å². The van der Waals surface area contributed by atoms with Gasteiger partial charge < -0.3 is 32.1 Å². The highest BCUT2D eigenvalue weighted by Gasteiger charge is 2.38. The van der Waals surface area contributed by atoms with E-state index in [-0.39, 0.29) is 31.1 Å². The Morgan fingerprint density at radius 3 is 2.30 bits per heavy atom. The first-order chi connectivity index (χ1) is 14.0. The standard InChI is InChI=1S/C18H31N5O6S/c1-9(2)6-11(18(28)29)21-16(26)13-4-3-5-23(13)17(27)12(8-30)22-15(25)10(19)7-14(20)24/h9-13,30H,3-8,19H2,1-2H3,(H2,20,24)(H,21,26)(H,22,25)(H,28,29). The number of hydrogen-bond donors (Lipinski definition) is 6. The van der Waals surface area contributed by atoms with Gasteiger partial charge in [-0.15, -0.1) is 0 Å². The summed E-state index contributed by atoms with van der Waals surface area (Å²) in [7, 11) is 0. The molecular weight excluding hydrogens is 414 g/mol. The molecule has 11 nitrogen and oxygen atoms in total. The summed E-state index contributed by atoms with van der Waals surface area (Å²) in [6.45, 7) is 3.97. The minimum Gasteiger partial charge on any atom is -0.480 e. The molecule has 1 aliphatic heterocycles. The summed E-state index contributed by atoms with van der Waals surface area (Å²) in [6.07, 6.45) is 0.815. The number of carboxylic acids is 1. The van der Waals surface area contributed by atoms with Gasteiger partial charge in [0.05, 0.1) is 12.5 Å². The second kappa shape index (κ2) is 11.7. The van der Waals surface area contributed by atoms with Gasteiger partial charge in [-0.3, -0.25) is 19.2 Å². The van der Waals surface area contributed by atoms with Crippen molar-refractivity contribution in [2.45, 2.75) is 63.7 Å². The van der Waals surface area contributed by atoms with Gasteiger partial charge in [0.25, 0.3) is 0 Å². The molecule has 1 fully saturated rings. The maximum atomic E-state index is 12.9. The SMILES string of the molecule is CC(C)CC(NC(=O)C1CCCN1C(=O)C(CS)NC(=O)C(N)CC(N)=O)C(=O)O. The smallest absolute Gasteiger partial charge is 0.326 e. The fourth-order valence-electron chi connectivity index (χ4n) is 3.24. The van der Waals surface area contributed by atoms with E-state index in [1.54, 1.807) is 0 Å². The van der Waals surface area contributed by atoms with Crippen LogP contribution >= 0.6 is 12.6 Å². The number of carbonyl (C=O) groups excluding carboxylic acids is 4. The van der Waals surface area contributed by atoms with Gasteiger partial charge in [0.1, 0.15) is 18.1 Å². The molecule has 1 rings (SSSR count). The maximum Gasteiger partial charge on any atom is 0.326 e. The van der Waals surface area contributed by atoms with Crippen molar-refractivity contribution in [2.75, 3.05) is 12.3 Å². The van der Waals surface area contributed by atoms with E-state index in [1.165, 1.54) is 4.90 Å². The van der Waals surface area contributed by atoms with Crippen molar-refractivity contribution in [1.82, 2.24) is 15.5 Å². The molecule has 0 saturated carbocycles. The molecule has 4 amide bonds. The number of aliphatic carboxylic acids is 1. The van der Waals surface area contributed by atoms with Gasteiger partial charge in [-0.05, 0) is 25.2 Å². The van der Waals surface area contributed by atoms with Crippen LogP contribution in [0.5, 0.6) is 0 Å². The minimum atomic E-state index is -1.21. The number of thiol groups is 1. The summed E-state index contributed by atoms with van der Waals surface area (Å²) < 4.78 is 0. The molecule has 0 bridgehead atoms. The predicted molar refractivity (Wildman–Crippen MR) is 111 cm³/mol. The van der Waals surface area contributed by atoms with Crippen LogP contribution in [0.3, 0.4) is 0 Å². The van der Waals surface area contributed by atoms with E-state index in [9.17, 15) is 29.1 Å². The van der Waals surface area contributed by atoms with E-state index in [4.69, 9.17) is 11.5 Å². The monoisotopic (exact) mass is 445 g/mol. The third-order valence-corrected chi connectivity index (χ3v) is 5.08. The lowest BCUT2D eigenvalue weighted by molar-refractivity contribution is -0.145. The van der Waals surface area contributed by atoms with Crippen LogP contribution in [0, 0.1) is 5.92 Å². The summed E-state index contributed by atoms with van der Waals surface area (Å²) >= 11 is 4.09. The Balaban J connectivity index is 2.83. The quantitative estimate of drug-likeness (QED) is 0.203. The number of likely N-dealkylation sites (tertiary alicyclic amines) is 1. The highest BCUT2D eigenvalue weighted by atomic mass is 32.1. The molecule has 0 aromatic rings. The molecule has 0 spiro atoms. The summed E-state index contributed by atoms with van der Waals surface area (Å²) in [5.41, 5.74) is 10.6. The topological polar surface area (TPSA) is 185 Å². The second-order valence-corrected chi connectivity index (χ2v) is 8.10. The Bertz CT molecular complexity index is 673. The van der Waals surface area contributed by atoms with Crippen LogP contribution in [-0.2, 0) is 24.0 Å². The van der Waals surface area contributed by atoms with Crippen LogP contribution in [0.15, 0.2) is 0 Å². The molecule has 170 valence electrons. The minimum absolute atomic E-state index is 0.0518. The lowest BCUT2D eigenvalue weighted by Gasteiger charge is -2.29. The molecule has 30 heavy (non-hydrogen) atoms. The van der Waals surface area contributed by atoms with Crippen LogP contribution in [0.4, 0.5) is 0 Å². The van der Waals surface area contributed by atoms with Gasteiger partial charge >= 0.3 is 5.97 Å². The van der Waals surface area contributed by atoms with Gasteiger partial charge in [0.15, 0.2) is 0 Å². The summed E-state index contributed by atoms with van der Waals surface area (Å²) in [4.78, 5) is 61.3. The van der Waals surface area contributed by atoms with Gasteiger partial charge in [-0.1, -0.05) is 13.8 Å². The number of carbonyl (C=O) groups is 5. The molecule has 7 N–H and O–H groups in total. The molecule has 4 atom stereocenters. The summed E-state index contributed by atoms with van der Waals surface area (Å²) in [6, 6.07) is -4.16. The molecule has 12 heteroatoms. The fourth-order valence-corrected chi connectivity index (χ4v) is 3.49. The van der Waals surface area contributed by atoms with Crippen molar-refractivity contribution < 1.29 is 29.1 Å². The van der Waals surface area contributed by atoms with Gasteiger partial charge in [0.2, 0.25) is 23.6 Å². The fraction of sp³-hybridized carbons (Fsp3) is 0.722. The molecule has 0 aromatic heterocycles. The number of nitrogens with two attached hydrogens (primary N) is 2. The summed E-state index contributed by atoms with van der Waals surface area (Å²) in [5.74, 6) is -3.70. The van der Waals surface area contributed by atoms with Crippen molar-refractivity contribution in [3.8, 4) is 0 Å². The van der Waals surface area contributed by atoms with Crippen LogP contribution < -0.4 is 22.1 Å². The molecule has 0 aliphatic carbocycles. The normalized spacial score (nSPS) is 19.1. The zero-order chi connectivity index (χ0) is 23.0. The van der Waals surface area contributed by atoms with Gasteiger partial charge in [-0.25, -0.2) is 4.79 Å². The van der Waals surface area contributed by atoms with Crippen LogP contribution in [-0.4, -0.2) is 76.1 Å².